The number of likely N-dealkylation sites (tertiary alicyclic amines) is 1. The average molecular weight is 510 g/mol. The summed E-state index contributed by atoms with van der Waals surface area (Å²) in [6, 6.07) is 18.6. The van der Waals surface area contributed by atoms with E-state index in [2.05, 4.69) is 0 Å². The summed E-state index contributed by atoms with van der Waals surface area (Å²) in [5.41, 5.74) is 1.76. The predicted octanol–water partition coefficient (Wildman–Crippen LogP) is 1.30. The van der Waals surface area contributed by atoms with E-state index >= 15 is 0 Å². The predicted molar refractivity (Wildman–Crippen MR) is 125 cm³/mol. The van der Waals surface area contributed by atoms with Gasteiger partial charge in [-0.15, -0.1) is 0 Å². The third kappa shape index (κ3) is 7.53. The Labute approximate surface area is 204 Å². The SMILES string of the molecule is O=S(=O)(O)O[C@@H]1CO[C@@H](c2ccccc2)O[C@H]1CN1C[C@@H](O)[C@@H](O)C[C@H]1COCc1ccccc1. The van der Waals surface area contributed by atoms with Gasteiger partial charge in [0.2, 0.25) is 0 Å². The van der Waals surface area contributed by atoms with Crippen molar-refractivity contribution in [3.63, 3.8) is 0 Å². The summed E-state index contributed by atoms with van der Waals surface area (Å²) < 4.78 is 54.6. The Balaban J connectivity index is 1.46. The maximum Gasteiger partial charge on any atom is 0.397 e. The standard InChI is InChI=1S/C24H31NO9S/c26-20-11-19(15-31-14-17-7-3-1-4-8-17)25(12-21(20)27)13-22-23(34-35(28,29)30)16-32-24(33-22)18-9-5-2-6-10-18/h1-10,19-24,26-27H,11-16H2,(H,28,29,30)/t19-,20-,21+,22-,23+,24+/m0/s1. The van der Waals surface area contributed by atoms with Gasteiger partial charge in [0.1, 0.15) is 12.2 Å². The molecular formula is C24H31NO9S. The van der Waals surface area contributed by atoms with Gasteiger partial charge in [-0.25, -0.2) is 4.18 Å². The molecule has 2 aliphatic heterocycles. The Morgan fingerprint density at radius 2 is 1.69 bits per heavy atom. The minimum atomic E-state index is -4.75. The van der Waals surface area contributed by atoms with E-state index in [1.165, 1.54) is 0 Å². The molecule has 192 valence electrons. The van der Waals surface area contributed by atoms with Crippen LogP contribution in [0.4, 0.5) is 0 Å². The van der Waals surface area contributed by atoms with Crippen LogP contribution in [0.1, 0.15) is 23.8 Å². The second-order valence-corrected chi connectivity index (χ2v) is 9.84. The van der Waals surface area contributed by atoms with Crippen LogP contribution in [0.5, 0.6) is 0 Å². The number of hydrogen-bond donors (Lipinski definition) is 3. The van der Waals surface area contributed by atoms with Gasteiger partial charge in [-0.3, -0.25) is 9.45 Å². The topological polar surface area (TPSA) is 135 Å². The number of aliphatic hydroxyl groups is 2. The molecule has 11 heteroatoms. The van der Waals surface area contributed by atoms with Gasteiger partial charge < -0.3 is 24.4 Å². The molecule has 2 aromatic carbocycles. The Hall–Kier alpha value is -1.93. The van der Waals surface area contributed by atoms with E-state index in [1.54, 1.807) is 0 Å². The van der Waals surface area contributed by atoms with Gasteiger partial charge in [0, 0.05) is 24.7 Å². The second-order valence-electron chi connectivity index (χ2n) is 8.79. The van der Waals surface area contributed by atoms with Crippen LogP contribution in [-0.4, -0.2) is 84.8 Å². The molecule has 4 rings (SSSR count). The lowest BCUT2D eigenvalue weighted by molar-refractivity contribution is -0.257. The van der Waals surface area contributed by atoms with Crippen LogP contribution in [-0.2, 0) is 35.4 Å². The molecule has 2 saturated heterocycles. The van der Waals surface area contributed by atoms with Crippen molar-refractivity contribution in [1.29, 1.82) is 0 Å². The zero-order valence-corrected chi connectivity index (χ0v) is 19.9. The molecule has 2 aromatic rings. The summed E-state index contributed by atoms with van der Waals surface area (Å²) in [5, 5.41) is 20.6. The van der Waals surface area contributed by atoms with E-state index < -0.39 is 41.1 Å². The van der Waals surface area contributed by atoms with Gasteiger partial charge in [-0.05, 0) is 12.0 Å². The van der Waals surface area contributed by atoms with Crippen LogP contribution in [0, 0.1) is 0 Å². The molecule has 0 amide bonds. The molecule has 2 heterocycles. The fourth-order valence-corrected chi connectivity index (χ4v) is 4.87. The first kappa shape index (κ1) is 26.1. The first-order chi connectivity index (χ1) is 16.8. The lowest BCUT2D eigenvalue weighted by Crippen LogP contribution is -2.58. The molecule has 35 heavy (non-hydrogen) atoms. The second kappa shape index (κ2) is 11.9. The summed E-state index contributed by atoms with van der Waals surface area (Å²) >= 11 is 0. The van der Waals surface area contributed by atoms with Crippen LogP contribution >= 0.6 is 0 Å². The number of hydrogen-bond acceptors (Lipinski definition) is 9. The van der Waals surface area contributed by atoms with E-state index in [-0.39, 0.29) is 38.8 Å². The maximum atomic E-state index is 11.4. The number of piperidine rings is 1. The smallest absolute Gasteiger partial charge is 0.390 e. The number of β-amino-alcohol motifs (C(OH)–C–C–N with tert-alkyl or cyclic N) is 1. The molecule has 3 N–H and O–H groups in total. The third-order valence-corrected chi connectivity index (χ3v) is 6.66. The van der Waals surface area contributed by atoms with E-state index in [0.29, 0.717) is 6.61 Å². The fourth-order valence-electron chi connectivity index (χ4n) is 4.38. The van der Waals surface area contributed by atoms with E-state index in [4.69, 9.17) is 18.4 Å². The van der Waals surface area contributed by atoms with Crippen molar-refractivity contribution in [2.45, 2.75) is 49.8 Å². The normalized spacial score (nSPS) is 30.3. The molecule has 6 atom stereocenters. The molecule has 2 fully saturated rings. The number of aliphatic hydroxyl groups excluding tert-OH is 2. The minimum Gasteiger partial charge on any atom is -0.390 e. The first-order valence-electron chi connectivity index (χ1n) is 11.5. The summed E-state index contributed by atoms with van der Waals surface area (Å²) in [6.07, 6.45) is -4.28. The third-order valence-electron chi connectivity index (χ3n) is 6.17. The number of benzene rings is 2. The molecule has 0 radical (unpaired) electrons. The minimum absolute atomic E-state index is 0.127. The number of rotatable bonds is 9. The zero-order valence-electron chi connectivity index (χ0n) is 19.1. The van der Waals surface area contributed by atoms with Crippen LogP contribution in [0.3, 0.4) is 0 Å². The number of ether oxygens (including phenoxy) is 3. The van der Waals surface area contributed by atoms with Crippen LogP contribution in [0.2, 0.25) is 0 Å². The molecule has 0 aliphatic carbocycles. The monoisotopic (exact) mass is 509 g/mol. The van der Waals surface area contributed by atoms with E-state index in [9.17, 15) is 23.2 Å². The van der Waals surface area contributed by atoms with Crippen molar-refractivity contribution < 1.29 is 41.6 Å². The van der Waals surface area contributed by atoms with Crippen LogP contribution < -0.4 is 0 Å². The highest BCUT2D eigenvalue weighted by Crippen LogP contribution is 2.30. The highest BCUT2D eigenvalue weighted by Gasteiger charge is 2.41. The van der Waals surface area contributed by atoms with Gasteiger partial charge >= 0.3 is 10.4 Å². The van der Waals surface area contributed by atoms with E-state index in [1.807, 2.05) is 65.6 Å². The van der Waals surface area contributed by atoms with Gasteiger partial charge in [-0.2, -0.15) is 8.42 Å². The molecule has 0 saturated carbocycles. The largest absolute Gasteiger partial charge is 0.397 e. The Kier molecular flexibility index (Phi) is 8.87. The molecule has 0 aromatic heterocycles. The Morgan fingerprint density at radius 1 is 1.00 bits per heavy atom. The number of nitrogens with zero attached hydrogens (tertiary/aromatic N) is 1. The zero-order chi connectivity index (χ0) is 24.8. The van der Waals surface area contributed by atoms with E-state index in [0.717, 1.165) is 11.1 Å². The van der Waals surface area contributed by atoms with Gasteiger partial charge in [0.15, 0.2) is 6.29 Å². The van der Waals surface area contributed by atoms with Crippen LogP contribution in [0.25, 0.3) is 0 Å². The van der Waals surface area contributed by atoms with Crippen molar-refractivity contribution in [3.05, 3.63) is 71.8 Å². The van der Waals surface area contributed by atoms with Gasteiger partial charge in [0.05, 0.1) is 32.0 Å². The highest BCUT2D eigenvalue weighted by atomic mass is 32.3. The average Bonchev–Trinajstić information content (AvgIpc) is 2.83. The molecule has 0 unspecified atom stereocenters. The summed E-state index contributed by atoms with van der Waals surface area (Å²) in [4.78, 5) is 1.89. The molecule has 10 nitrogen and oxygen atoms in total. The molecule has 2 aliphatic rings. The Bertz CT molecular complexity index is 1020. The van der Waals surface area contributed by atoms with Gasteiger partial charge in [0.25, 0.3) is 0 Å². The molecule has 0 spiro atoms. The summed E-state index contributed by atoms with van der Waals surface area (Å²) in [6.45, 7) is 0.847. The summed E-state index contributed by atoms with van der Waals surface area (Å²) in [7, 11) is -4.75. The quantitative estimate of drug-likeness (QED) is 0.425. The van der Waals surface area contributed by atoms with Crippen molar-refractivity contribution in [2.24, 2.45) is 0 Å². The van der Waals surface area contributed by atoms with Crippen molar-refractivity contribution in [1.82, 2.24) is 4.90 Å². The highest BCUT2D eigenvalue weighted by molar-refractivity contribution is 7.80. The molecular weight excluding hydrogens is 478 g/mol. The van der Waals surface area contributed by atoms with Crippen molar-refractivity contribution in [2.75, 3.05) is 26.3 Å². The van der Waals surface area contributed by atoms with Crippen molar-refractivity contribution >= 4 is 10.4 Å². The van der Waals surface area contributed by atoms with Crippen LogP contribution in [0.15, 0.2) is 60.7 Å². The Morgan fingerprint density at radius 3 is 2.37 bits per heavy atom. The van der Waals surface area contributed by atoms with Crippen molar-refractivity contribution in [3.8, 4) is 0 Å². The lowest BCUT2D eigenvalue weighted by atomic mass is 9.96. The lowest BCUT2D eigenvalue weighted by Gasteiger charge is -2.44. The summed E-state index contributed by atoms with van der Waals surface area (Å²) in [5.74, 6) is 0. The maximum absolute atomic E-state index is 11.4. The first-order valence-corrected chi connectivity index (χ1v) is 12.8. The molecule has 0 bridgehead atoms. The fraction of sp³-hybridized carbons (Fsp3) is 0.500. The van der Waals surface area contributed by atoms with Gasteiger partial charge in [-0.1, -0.05) is 60.7 Å².